The molecule has 102 valence electrons. The maximum absolute atomic E-state index is 9.52. The zero-order chi connectivity index (χ0) is 13.0. The van der Waals surface area contributed by atoms with Crippen LogP contribution in [0.1, 0.15) is 33.6 Å². The largest absolute Gasteiger partial charge is 0.411 e. The molecule has 3 fully saturated rings. The fraction of sp³-hybridized carbons (Fsp3) is 0.929. The molecule has 0 radical (unpaired) electrons. The van der Waals surface area contributed by atoms with E-state index in [-0.39, 0.29) is 10.8 Å². The minimum Gasteiger partial charge on any atom is -0.411 e. The normalized spacial score (nSPS) is 45.8. The second kappa shape index (κ2) is 3.94. The number of hydrogen-bond donors (Lipinski definition) is 1. The topological polar surface area (TPSA) is 45.1 Å². The number of nitrogens with zero attached hydrogens (tertiary/aromatic N) is 2. The van der Waals surface area contributed by atoms with Crippen molar-refractivity contribution in [2.75, 3.05) is 26.3 Å². The average molecular weight is 252 g/mol. The summed E-state index contributed by atoms with van der Waals surface area (Å²) in [5.74, 6) is 0.617. The van der Waals surface area contributed by atoms with Gasteiger partial charge in [-0.1, -0.05) is 25.9 Å². The van der Waals surface area contributed by atoms with E-state index in [9.17, 15) is 5.21 Å². The molecule has 3 atom stereocenters. The van der Waals surface area contributed by atoms with Gasteiger partial charge in [-0.05, 0) is 24.2 Å². The molecule has 3 aliphatic rings. The maximum Gasteiger partial charge on any atom is 0.0809 e. The van der Waals surface area contributed by atoms with Crippen molar-refractivity contribution in [3.63, 3.8) is 0 Å². The molecule has 0 aromatic rings. The van der Waals surface area contributed by atoms with Crippen molar-refractivity contribution in [2.24, 2.45) is 21.9 Å². The third kappa shape index (κ3) is 1.36. The van der Waals surface area contributed by atoms with E-state index in [1.807, 2.05) is 0 Å². The molecule has 3 rings (SSSR count). The van der Waals surface area contributed by atoms with Gasteiger partial charge in [-0.15, -0.1) is 0 Å². The smallest absolute Gasteiger partial charge is 0.0809 e. The monoisotopic (exact) mass is 252 g/mol. The van der Waals surface area contributed by atoms with E-state index in [0.717, 1.165) is 38.4 Å². The first kappa shape index (κ1) is 12.4. The van der Waals surface area contributed by atoms with Crippen LogP contribution in [0.2, 0.25) is 0 Å². The summed E-state index contributed by atoms with van der Waals surface area (Å²) in [6, 6.07) is 0.327. The predicted molar refractivity (Wildman–Crippen MR) is 70.0 cm³/mol. The number of fused-ring (bicyclic) bond motifs is 2. The minimum absolute atomic E-state index is 0.0649. The van der Waals surface area contributed by atoms with Gasteiger partial charge in [0.25, 0.3) is 0 Å². The first-order chi connectivity index (χ1) is 8.52. The van der Waals surface area contributed by atoms with Crippen LogP contribution in [0.4, 0.5) is 0 Å². The lowest BCUT2D eigenvalue weighted by Crippen LogP contribution is -2.51. The Balaban J connectivity index is 1.96. The second-order valence-corrected chi connectivity index (χ2v) is 6.78. The van der Waals surface area contributed by atoms with Crippen LogP contribution in [0, 0.1) is 16.7 Å². The van der Waals surface area contributed by atoms with Gasteiger partial charge in [0.2, 0.25) is 0 Å². The van der Waals surface area contributed by atoms with Crippen LogP contribution in [0.15, 0.2) is 5.16 Å². The summed E-state index contributed by atoms with van der Waals surface area (Å²) in [4.78, 5) is 2.47. The Labute approximate surface area is 109 Å². The van der Waals surface area contributed by atoms with Crippen LogP contribution in [0.25, 0.3) is 0 Å². The minimum atomic E-state index is 0.0649. The molecule has 1 heterocycles. The second-order valence-electron chi connectivity index (χ2n) is 6.78. The summed E-state index contributed by atoms with van der Waals surface area (Å²) in [7, 11) is 0. The average Bonchev–Trinajstić information content (AvgIpc) is 2.70. The molecule has 0 aromatic heterocycles. The molecule has 1 aliphatic heterocycles. The highest BCUT2D eigenvalue weighted by Crippen LogP contribution is 2.64. The van der Waals surface area contributed by atoms with Gasteiger partial charge in [0.05, 0.1) is 25.0 Å². The van der Waals surface area contributed by atoms with E-state index in [1.54, 1.807) is 0 Å². The van der Waals surface area contributed by atoms with E-state index in [2.05, 4.69) is 30.8 Å². The highest BCUT2D eigenvalue weighted by atomic mass is 16.5. The van der Waals surface area contributed by atoms with Crippen LogP contribution in [0.3, 0.4) is 0 Å². The number of oxime groups is 1. The summed E-state index contributed by atoms with van der Waals surface area (Å²) in [6.45, 7) is 10.5. The van der Waals surface area contributed by atoms with Crippen molar-refractivity contribution in [3.05, 3.63) is 0 Å². The Bertz CT molecular complexity index is 374. The van der Waals surface area contributed by atoms with Gasteiger partial charge in [-0.3, -0.25) is 4.90 Å². The lowest BCUT2D eigenvalue weighted by atomic mass is 9.70. The Hall–Kier alpha value is -0.610. The highest BCUT2D eigenvalue weighted by Gasteiger charge is 2.66. The summed E-state index contributed by atoms with van der Waals surface area (Å²) < 4.78 is 5.44. The zero-order valence-electron chi connectivity index (χ0n) is 11.6. The van der Waals surface area contributed by atoms with Crippen molar-refractivity contribution in [2.45, 2.75) is 39.7 Å². The molecule has 0 aromatic carbocycles. The SMILES string of the molecule is CC12CCC([C@@H](N3CCOCC3)/C1=N\O)C2(C)C. The van der Waals surface area contributed by atoms with Gasteiger partial charge in [0.15, 0.2) is 0 Å². The molecule has 1 saturated heterocycles. The Morgan fingerprint density at radius 1 is 1.28 bits per heavy atom. The first-order valence-electron chi connectivity index (χ1n) is 7.06. The molecule has 4 nitrogen and oxygen atoms in total. The molecule has 0 amide bonds. The van der Waals surface area contributed by atoms with Crippen molar-refractivity contribution in [1.29, 1.82) is 0 Å². The fourth-order valence-corrected chi connectivity index (χ4v) is 4.52. The molecule has 2 bridgehead atoms. The van der Waals surface area contributed by atoms with Crippen LogP contribution in [0.5, 0.6) is 0 Å². The molecular formula is C14H24N2O2. The molecule has 2 aliphatic carbocycles. The first-order valence-corrected chi connectivity index (χ1v) is 7.06. The molecule has 2 unspecified atom stereocenters. The Morgan fingerprint density at radius 3 is 2.56 bits per heavy atom. The van der Waals surface area contributed by atoms with Crippen molar-refractivity contribution in [3.8, 4) is 0 Å². The van der Waals surface area contributed by atoms with Gasteiger partial charge in [-0.25, -0.2) is 0 Å². The van der Waals surface area contributed by atoms with Crippen LogP contribution in [-0.4, -0.2) is 48.2 Å². The van der Waals surface area contributed by atoms with Crippen molar-refractivity contribution < 1.29 is 9.94 Å². The third-order valence-electron chi connectivity index (χ3n) is 6.08. The molecule has 18 heavy (non-hydrogen) atoms. The Kier molecular flexibility index (Phi) is 2.72. The Morgan fingerprint density at radius 2 is 1.94 bits per heavy atom. The zero-order valence-corrected chi connectivity index (χ0v) is 11.6. The van der Waals surface area contributed by atoms with Crippen molar-refractivity contribution in [1.82, 2.24) is 4.90 Å². The summed E-state index contributed by atoms with van der Waals surface area (Å²) in [5.41, 5.74) is 1.32. The van der Waals surface area contributed by atoms with Gasteiger partial charge in [0, 0.05) is 18.5 Å². The number of ether oxygens (including phenoxy) is 1. The molecule has 0 spiro atoms. The molecule has 1 N–H and O–H groups in total. The summed E-state index contributed by atoms with van der Waals surface area (Å²) in [6.07, 6.45) is 2.41. The highest BCUT2D eigenvalue weighted by molar-refractivity contribution is 5.98. The molecular weight excluding hydrogens is 228 g/mol. The van der Waals surface area contributed by atoms with Crippen molar-refractivity contribution >= 4 is 5.71 Å². The number of rotatable bonds is 1. The molecule has 4 heteroatoms. The fourth-order valence-electron chi connectivity index (χ4n) is 4.52. The van der Waals surface area contributed by atoms with E-state index in [0.29, 0.717) is 12.0 Å². The van der Waals surface area contributed by atoms with Gasteiger partial charge in [0.1, 0.15) is 0 Å². The molecule has 2 saturated carbocycles. The van der Waals surface area contributed by atoms with E-state index in [4.69, 9.17) is 4.74 Å². The van der Waals surface area contributed by atoms with Gasteiger partial charge < -0.3 is 9.94 Å². The van der Waals surface area contributed by atoms with E-state index in [1.165, 1.54) is 6.42 Å². The lowest BCUT2D eigenvalue weighted by molar-refractivity contribution is 0.0127. The van der Waals surface area contributed by atoms with Crippen LogP contribution < -0.4 is 0 Å². The van der Waals surface area contributed by atoms with Gasteiger partial charge in [-0.2, -0.15) is 0 Å². The summed E-state index contributed by atoms with van der Waals surface area (Å²) in [5, 5.41) is 13.2. The predicted octanol–water partition coefficient (Wildman–Crippen LogP) is 1.97. The quantitative estimate of drug-likeness (QED) is 0.573. The van der Waals surface area contributed by atoms with Crippen LogP contribution >= 0.6 is 0 Å². The van der Waals surface area contributed by atoms with E-state index >= 15 is 0 Å². The van der Waals surface area contributed by atoms with Crippen LogP contribution in [-0.2, 0) is 4.74 Å². The lowest BCUT2D eigenvalue weighted by Gasteiger charge is -2.38. The number of morpholine rings is 1. The maximum atomic E-state index is 9.52. The van der Waals surface area contributed by atoms with E-state index < -0.39 is 0 Å². The third-order valence-corrected chi connectivity index (χ3v) is 6.08. The van der Waals surface area contributed by atoms with Gasteiger partial charge >= 0.3 is 0 Å². The standard InChI is InChI=1S/C14H24N2O2/c1-13(2)10-4-5-14(13,3)12(15-17)11(10)16-6-8-18-9-7-16/h10-11,17H,4-9H2,1-3H3/b15-12+/t10?,11-,14?/m1/s1. The number of hydrogen-bond acceptors (Lipinski definition) is 4. The summed E-state index contributed by atoms with van der Waals surface area (Å²) >= 11 is 0.